The minimum absolute atomic E-state index is 0.227. The summed E-state index contributed by atoms with van der Waals surface area (Å²) in [6.45, 7) is 4.43. The zero-order valence-corrected chi connectivity index (χ0v) is 14.1. The summed E-state index contributed by atoms with van der Waals surface area (Å²) in [5, 5.41) is 5.73. The molecule has 1 aliphatic heterocycles. The van der Waals surface area contributed by atoms with Gasteiger partial charge in [-0.25, -0.2) is 14.8 Å². The molecule has 0 spiro atoms. The van der Waals surface area contributed by atoms with Crippen LogP contribution in [0.3, 0.4) is 0 Å². The predicted octanol–water partition coefficient (Wildman–Crippen LogP) is 2.25. The molecule has 0 saturated carbocycles. The zero-order valence-electron chi connectivity index (χ0n) is 14.1. The Balaban J connectivity index is 1.57. The van der Waals surface area contributed by atoms with Crippen molar-refractivity contribution in [3.63, 3.8) is 0 Å². The van der Waals surface area contributed by atoms with Gasteiger partial charge >= 0.3 is 6.03 Å². The lowest BCUT2D eigenvalue weighted by Crippen LogP contribution is -2.35. The molecule has 2 amide bonds. The van der Waals surface area contributed by atoms with Crippen molar-refractivity contribution in [2.75, 3.05) is 32.0 Å². The quantitative estimate of drug-likeness (QED) is 0.904. The fourth-order valence-electron chi connectivity index (χ4n) is 3.28. The van der Waals surface area contributed by atoms with Crippen LogP contribution in [0.2, 0.25) is 0 Å². The van der Waals surface area contributed by atoms with E-state index < -0.39 is 0 Å². The molecule has 2 aromatic rings. The maximum Gasteiger partial charge on any atom is 0.320 e. The van der Waals surface area contributed by atoms with Gasteiger partial charge in [0.15, 0.2) is 0 Å². The Labute approximate surface area is 142 Å². The molecule has 126 valence electrons. The van der Waals surface area contributed by atoms with E-state index in [1.165, 1.54) is 5.56 Å². The van der Waals surface area contributed by atoms with Crippen LogP contribution in [0, 0.1) is 12.8 Å². The number of likely N-dealkylation sites (tertiary alicyclic amines) is 1. The maximum absolute atomic E-state index is 12.1. The number of carbonyl (C=O) groups excluding carboxylic acids is 1. The number of hydrogen-bond donors (Lipinski definition) is 2. The van der Waals surface area contributed by atoms with E-state index in [1.54, 1.807) is 19.2 Å². The first-order chi connectivity index (χ1) is 11.6. The summed E-state index contributed by atoms with van der Waals surface area (Å²) in [4.78, 5) is 22.6. The van der Waals surface area contributed by atoms with Gasteiger partial charge in [-0.05, 0) is 31.5 Å². The van der Waals surface area contributed by atoms with Crippen molar-refractivity contribution in [2.45, 2.75) is 12.8 Å². The summed E-state index contributed by atoms with van der Waals surface area (Å²) in [7, 11) is 2.12. The van der Waals surface area contributed by atoms with Gasteiger partial charge in [-0.3, -0.25) is 5.32 Å². The topological polar surface area (TPSA) is 70.2 Å². The Kier molecular flexibility index (Phi) is 5.05. The second-order valence-electron chi connectivity index (χ2n) is 6.32. The first kappa shape index (κ1) is 16.4. The van der Waals surface area contributed by atoms with Crippen LogP contribution in [0.5, 0.6) is 0 Å². The van der Waals surface area contributed by atoms with Crippen molar-refractivity contribution in [1.82, 2.24) is 20.2 Å². The van der Waals surface area contributed by atoms with E-state index in [-0.39, 0.29) is 6.03 Å². The number of benzene rings is 1. The molecule has 1 aromatic heterocycles. The molecule has 24 heavy (non-hydrogen) atoms. The van der Waals surface area contributed by atoms with Gasteiger partial charge in [-0.2, -0.15) is 0 Å². The maximum atomic E-state index is 12.1. The van der Waals surface area contributed by atoms with Crippen LogP contribution in [0.15, 0.2) is 42.6 Å². The first-order valence-electron chi connectivity index (χ1n) is 8.20. The van der Waals surface area contributed by atoms with Gasteiger partial charge in [0.25, 0.3) is 0 Å². The number of rotatable bonds is 4. The van der Waals surface area contributed by atoms with Crippen molar-refractivity contribution in [2.24, 2.45) is 5.92 Å². The molecular formula is C18H23N5O. The highest BCUT2D eigenvalue weighted by Crippen LogP contribution is 2.31. The molecule has 0 unspecified atom stereocenters. The summed E-state index contributed by atoms with van der Waals surface area (Å²) in [5.41, 5.74) is 1.33. The Hall–Kier alpha value is -2.47. The molecule has 0 bridgehead atoms. The molecule has 0 radical (unpaired) electrons. The Morgan fingerprint density at radius 1 is 1.25 bits per heavy atom. The molecule has 2 heterocycles. The average molecular weight is 325 g/mol. The van der Waals surface area contributed by atoms with Gasteiger partial charge in [0.05, 0.1) is 0 Å². The molecule has 1 saturated heterocycles. The lowest BCUT2D eigenvalue weighted by Gasteiger charge is -2.19. The van der Waals surface area contributed by atoms with Crippen LogP contribution >= 0.6 is 0 Å². The lowest BCUT2D eigenvalue weighted by atomic mass is 9.89. The van der Waals surface area contributed by atoms with Crippen molar-refractivity contribution in [3.8, 4) is 0 Å². The number of aromatic nitrogens is 2. The molecule has 2 atom stereocenters. The summed E-state index contributed by atoms with van der Waals surface area (Å²) < 4.78 is 0. The number of aryl methyl sites for hydroxylation is 1. The van der Waals surface area contributed by atoms with Crippen molar-refractivity contribution in [1.29, 1.82) is 0 Å². The van der Waals surface area contributed by atoms with Crippen LogP contribution in [-0.2, 0) is 0 Å². The number of hydrogen-bond acceptors (Lipinski definition) is 4. The smallest absolute Gasteiger partial charge is 0.320 e. The van der Waals surface area contributed by atoms with Crippen LogP contribution in [0.4, 0.5) is 10.6 Å². The zero-order chi connectivity index (χ0) is 16.9. The molecule has 1 fully saturated rings. The van der Waals surface area contributed by atoms with Gasteiger partial charge in [0, 0.05) is 31.7 Å². The summed E-state index contributed by atoms with van der Waals surface area (Å²) in [5.74, 6) is 1.99. The summed E-state index contributed by atoms with van der Waals surface area (Å²) in [6, 6.07) is 12.0. The molecular weight excluding hydrogens is 302 g/mol. The largest absolute Gasteiger partial charge is 0.337 e. The van der Waals surface area contributed by atoms with E-state index >= 15 is 0 Å². The Morgan fingerprint density at radius 2 is 2.04 bits per heavy atom. The van der Waals surface area contributed by atoms with Gasteiger partial charge in [-0.1, -0.05) is 30.3 Å². The first-order valence-corrected chi connectivity index (χ1v) is 8.20. The van der Waals surface area contributed by atoms with Crippen molar-refractivity contribution in [3.05, 3.63) is 54.0 Å². The molecule has 6 nitrogen and oxygen atoms in total. The number of carbonyl (C=O) groups is 1. The van der Waals surface area contributed by atoms with Crippen LogP contribution in [0.1, 0.15) is 17.3 Å². The average Bonchev–Trinajstić information content (AvgIpc) is 2.95. The van der Waals surface area contributed by atoms with Crippen LogP contribution < -0.4 is 10.6 Å². The van der Waals surface area contributed by atoms with Crippen LogP contribution in [-0.4, -0.2) is 47.6 Å². The normalized spacial score (nSPS) is 20.8. The molecule has 6 heteroatoms. The summed E-state index contributed by atoms with van der Waals surface area (Å²) in [6.07, 6.45) is 1.63. The van der Waals surface area contributed by atoms with Gasteiger partial charge < -0.3 is 10.2 Å². The Bertz CT molecular complexity index is 691. The highest BCUT2D eigenvalue weighted by molar-refractivity contribution is 5.88. The number of nitrogens with one attached hydrogen (secondary N) is 2. The molecule has 0 aliphatic carbocycles. The minimum Gasteiger partial charge on any atom is -0.337 e. The highest BCUT2D eigenvalue weighted by atomic mass is 16.2. The molecule has 1 aromatic carbocycles. The fourth-order valence-corrected chi connectivity index (χ4v) is 3.28. The second kappa shape index (κ2) is 7.40. The highest BCUT2D eigenvalue weighted by Gasteiger charge is 2.31. The van der Waals surface area contributed by atoms with E-state index in [0.717, 1.165) is 13.1 Å². The third kappa shape index (κ3) is 4.08. The monoisotopic (exact) mass is 325 g/mol. The number of urea groups is 1. The number of nitrogens with zero attached hydrogens (tertiary/aromatic N) is 3. The van der Waals surface area contributed by atoms with Gasteiger partial charge in [-0.15, -0.1) is 0 Å². The Morgan fingerprint density at radius 3 is 2.79 bits per heavy atom. The van der Waals surface area contributed by atoms with Crippen molar-refractivity contribution >= 4 is 11.8 Å². The van der Waals surface area contributed by atoms with Crippen molar-refractivity contribution < 1.29 is 4.79 Å². The molecule has 3 rings (SSSR count). The summed E-state index contributed by atoms with van der Waals surface area (Å²) >= 11 is 0. The molecule has 1 aliphatic rings. The number of likely N-dealkylation sites (N-methyl/N-ethyl adjacent to an activating group) is 1. The van der Waals surface area contributed by atoms with E-state index in [2.05, 4.69) is 56.8 Å². The third-order valence-corrected chi connectivity index (χ3v) is 4.39. The number of amides is 2. The van der Waals surface area contributed by atoms with E-state index in [4.69, 9.17) is 0 Å². The SMILES string of the molecule is Cc1nccc(NC(=O)NC[C@@H]2CN(C)C[C@H]2c2ccccc2)n1. The van der Waals surface area contributed by atoms with Crippen LogP contribution in [0.25, 0.3) is 0 Å². The standard InChI is InChI=1S/C18H23N5O/c1-13-19-9-8-17(21-13)22-18(24)20-10-15-11-23(2)12-16(15)14-6-4-3-5-7-14/h3-9,15-16H,10-12H2,1-2H3,(H2,19,20,21,22,24)/t15-,16+/m1/s1. The van der Waals surface area contributed by atoms with E-state index in [9.17, 15) is 4.79 Å². The van der Waals surface area contributed by atoms with Gasteiger partial charge in [0.1, 0.15) is 11.6 Å². The van der Waals surface area contributed by atoms with E-state index in [0.29, 0.717) is 30.0 Å². The third-order valence-electron chi connectivity index (χ3n) is 4.39. The van der Waals surface area contributed by atoms with Gasteiger partial charge in [0.2, 0.25) is 0 Å². The predicted molar refractivity (Wildman–Crippen MR) is 94.0 cm³/mol. The minimum atomic E-state index is -0.227. The lowest BCUT2D eigenvalue weighted by molar-refractivity contribution is 0.249. The fraction of sp³-hybridized carbons (Fsp3) is 0.389. The number of anilines is 1. The second-order valence-corrected chi connectivity index (χ2v) is 6.32. The van der Waals surface area contributed by atoms with E-state index in [1.807, 2.05) is 6.07 Å². The molecule has 2 N–H and O–H groups in total.